The number of nitrogens with zero attached hydrogens (tertiary/aromatic N) is 17. The Morgan fingerprint density at radius 2 is 0.927 bits per heavy atom. The number of aliphatic hydroxyl groups excluding tert-OH is 2. The second-order valence-corrected chi connectivity index (χ2v) is 31.1. The first-order valence-electron chi connectivity index (χ1n) is 39.0. The van der Waals surface area contributed by atoms with Crippen molar-refractivity contribution in [2.24, 2.45) is 5.73 Å². The molecule has 0 bridgehead atoms. The minimum atomic E-state index is -0.670. The van der Waals surface area contributed by atoms with Crippen LogP contribution in [-0.4, -0.2) is 115 Å². The van der Waals surface area contributed by atoms with Crippen molar-refractivity contribution in [2.45, 2.75) is 93.3 Å². The number of rotatable bonds is 16. The Morgan fingerprint density at radius 3 is 1.35 bits per heavy atom. The number of ether oxygens (including phenoxy) is 3. The van der Waals surface area contributed by atoms with Gasteiger partial charge in [-0.25, -0.2) is 43.7 Å². The summed E-state index contributed by atoms with van der Waals surface area (Å²) in [6, 6.07) is 48.1. The van der Waals surface area contributed by atoms with Crippen molar-refractivity contribution in [2.75, 3.05) is 19.8 Å². The molecule has 31 heteroatoms. The quantitative estimate of drug-likeness (QED) is 0.0653. The van der Waals surface area contributed by atoms with Gasteiger partial charge in [-0.15, -0.1) is 0 Å². The summed E-state index contributed by atoms with van der Waals surface area (Å²) in [5.41, 5.74) is 15.5. The molecule has 1 amide bonds. The number of fused-ring (bicyclic) bond motifs is 6. The number of halogens is 3. The average molecular weight is 1720 g/mol. The van der Waals surface area contributed by atoms with E-state index in [0.29, 0.717) is 148 Å². The van der Waals surface area contributed by atoms with Crippen molar-refractivity contribution in [3.63, 3.8) is 0 Å². The second kappa shape index (κ2) is 35.5. The number of benzene rings is 4. The molecular formula is C93H78BrF2N19O9. The Bertz CT molecular complexity index is 7310. The Balaban J connectivity index is 0.000000146. The van der Waals surface area contributed by atoms with Crippen LogP contribution in [0.4, 0.5) is 8.78 Å². The molecule has 0 unspecified atom stereocenters. The van der Waals surface area contributed by atoms with Crippen LogP contribution in [0.5, 0.6) is 17.6 Å². The lowest BCUT2D eigenvalue weighted by Gasteiger charge is -2.20. The monoisotopic (exact) mass is 1720 g/mol. The zero-order valence-electron chi connectivity index (χ0n) is 68.7. The van der Waals surface area contributed by atoms with Crippen LogP contribution in [0.2, 0.25) is 0 Å². The number of nitriles is 3. The van der Waals surface area contributed by atoms with Gasteiger partial charge < -0.3 is 39.7 Å². The van der Waals surface area contributed by atoms with Gasteiger partial charge in [0.1, 0.15) is 57.0 Å². The fourth-order valence-electron chi connectivity index (χ4n) is 14.1. The third-order valence-corrected chi connectivity index (χ3v) is 20.8. The lowest BCUT2D eigenvalue weighted by atomic mass is 9.86. The van der Waals surface area contributed by atoms with Crippen molar-refractivity contribution in [1.82, 2.24) is 73.1 Å². The standard InChI is InChI=1S/C34H31FN6O4.C34H29FN6O3.C15H12N4O.C10H6BrN3O/c1-5-45-29-12-9-19(15-37-29)26-11-10-22-23(31(36)43)17-40(32(22)39-26)27-7-6-8-28(24(27)18-42)41-33(44)30-20(16-38-41)13-21(14-25(30)35)34(2,3)4;1-5-44-30-12-9-20(16-37-30)27-11-10-24-22(15-36)18-40(32(24)39-27)28-7-6-8-29(25(28)19-42)41-33(43)31-21(17-38-41)13-23(14-26(31)35)34(2,3)4;1-2-20-14-6-3-10(8-17-14)13-5-4-12-11(7-16)9-18-15(12)19-13;1-6(15)14-5-7(4-12)8-2-3-9(11)13-10(8)14/h6-17,42H,5,18H2,1-4H3,(H2,36,43);6-14,16-18,42H,5,19H2,1-4H3;3-6,8-9H,2H2,1H3,(H,18,19);2-3,5H,1H3. The lowest BCUT2D eigenvalue weighted by molar-refractivity contribution is 0.0939. The smallest absolute Gasteiger partial charge is 0.282 e. The van der Waals surface area contributed by atoms with Crippen LogP contribution in [0.15, 0.2) is 216 Å². The van der Waals surface area contributed by atoms with Crippen LogP contribution in [0.1, 0.15) is 123 Å². The number of amides is 1. The van der Waals surface area contributed by atoms with Crippen LogP contribution in [0.25, 0.3) is 122 Å². The number of nitrogens with one attached hydrogen (secondary N) is 1. The first-order chi connectivity index (χ1) is 59.6. The molecule has 0 fully saturated rings. The average Bonchev–Trinajstić information content (AvgIpc) is 1.60. The number of pyridine rings is 7. The molecule has 0 saturated heterocycles. The number of carbonyl (C=O) groups is 2. The van der Waals surface area contributed by atoms with E-state index in [4.69, 9.17) is 40.4 Å². The molecule has 0 aliphatic rings. The molecule has 124 heavy (non-hydrogen) atoms. The third-order valence-electron chi connectivity index (χ3n) is 20.4. The molecule has 17 aromatic rings. The number of hydrogen-bond acceptors (Lipinski definition) is 21. The van der Waals surface area contributed by atoms with Gasteiger partial charge in [-0.1, -0.05) is 53.7 Å². The Labute approximate surface area is 715 Å². The van der Waals surface area contributed by atoms with Crippen LogP contribution in [-0.2, 0) is 24.0 Å². The summed E-state index contributed by atoms with van der Waals surface area (Å²) in [7, 11) is 0. The molecule has 0 atom stereocenters. The summed E-state index contributed by atoms with van der Waals surface area (Å²) in [5.74, 6) is -0.511. The van der Waals surface area contributed by atoms with Gasteiger partial charge >= 0.3 is 0 Å². The second-order valence-electron chi connectivity index (χ2n) is 30.3. The van der Waals surface area contributed by atoms with Crippen LogP contribution in [0, 0.1) is 45.6 Å². The number of primary amides is 1. The molecule has 0 radical (unpaired) electrons. The Morgan fingerprint density at radius 1 is 0.508 bits per heavy atom. The molecule has 620 valence electrons. The van der Waals surface area contributed by atoms with Crippen LogP contribution < -0.4 is 31.1 Å². The highest BCUT2D eigenvalue weighted by molar-refractivity contribution is 9.10. The molecule has 0 spiro atoms. The van der Waals surface area contributed by atoms with Gasteiger partial charge in [0.15, 0.2) is 0 Å². The van der Waals surface area contributed by atoms with Crippen molar-refractivity contribution in [3.8, 4) is 92.4 Å². The lowest BCUT2D eigenvalue weighted by Crippen LogP contribution is -2.24. The molecule has 0 saturated carbocycles. The van der Waals surface area contributed by atoms with Gasteiger partial charge in [-0.3, -0.25) is 28.3 Å². The number of aromatic nitrogens is 15. The molecule has 0 aliphatic heterocycles. The number of nitrogens with two attached hydrogens (primary N) is 1. The maximum atomic E-state index is 15.4. The predicted molar refractivity (Wildman–Crippen MR) is 469 cm³/mol. The van der Waals surface area contributed by atoms with E-state index in [2.05, 4.69) is 68.2 Å². The summed E-state index contributed by atoms with van der Waals surface area (Å²) in [5, 5.41) is 61.0. The largest absolute Gasteiger partial charge is 0.478 e. The maximum Gasteiger partial charge on any atom is 0.282 e. The van der Waals surface area contributed by atoms with Crippen molar-refractivity contribution in [3.05, 3.63) is 283 Å². The highest BCUT2D eigenvalue weighted by atomic mass is 79.9. The SMILES string of the molecule is CC(=O)n1cc(C#N)c2ccc(Br)nc21.CCOc1ccc(-c2ccc3c(C#N)c[nH]c3n2)cn1.CCOc1ccc(-c2ccc3c(C#N)cn(-c4cccc(-n5ncc6cc(C(C)(C)C)cc(F)c6c5=O)c4CO)c3n2)cn1.CCOc1ccc(-c2ccc3c(C(N)=O)cn(-c4cccc(-n5ncc6cc(C(C)(C)C)cc(F)c6c5=O)c4CO)c3n2)cn1. The molecule has 28 nitrogen and oxygen atoms in total. The summed E-state index contributed by atoms with van der Waals surface area (Å²) in [6.45, 7) is 19.5. The molecular weight excluding hydrogens is 1650 g/mol. The molecule has 13 aromatic heterocycles. The molecule has 13 heterocycles. The normalized spacial score (nSPS) is 11.3. The molecule has 4 aromatic carbocycles. The van der Waals surface area contributed by atoms with Crippen LogP contribution in [0.3, 0.4) is 0 Å². The number of carbonyl (C=O) groups excluding carboxylic acids is 2. The zero-order valence-corrected chi connectivity index (χ0v) is 70.2. The Hall–Kier alpha value is -15.4. The van der Waals surface area contributed by atoms with Crippen LogP contribution >= 0.6 is 15.9 Å². The van der Waals surface area contributed by atoms with Gasteiger partial charge in [0.05, 0.1) is 118 Å². The van der Waals surface area contributed by atoms with E-state index in [1.165, 1.54) is 42.2 Å². The number of aliphatic hydroxyl groups is 2. The van der Waals surface area contributed by atoms with Gasteiger partial charge in [0.25, 0.3) is 17.0 Å². The highest BCUT2D eigenvalue weighted by Crippen LogP contribution is 2.36. The summed E-state index contributed by atoms with van der Waals surface area (Å²) >= 11 is 3.23. The minimum Gasteiger partial charge on any atom is -0.478 e. The fraction of sp³-hybridized carbons (Fsp3) is 0.183. The third kappa shape index (κ3) is 17.0. The van der Waals surface area contributed by atoms with Gasteiger partial charge in [-0.05, 0) is 174 Å². The van der Waals surface area contributed by atoms with E-state index in [1.807, 2.05) is 117 Å². The fourth-order valence-corrected chi connectivity index (χ4v) is 14.4. The summed E-state index contributed by atoms with van der Waals surface area (Å²) < 4.78 is 54.5. The van der Waals surface area contributed by atoms with E-state index >= 15 is 8.78 Å². The summed E-state index contributed by atoms with van der Waals surface area (Å²) in [6.07, 6.45) is 14.3. The van der Waals surface area contributed by atoms with E-state index in [9.17, 15) is 34.7 Å². The first-order valence-corrected chi connectivity index (χ1v) is 39.8. The predicted octanol–water partition coefficient (Wildman–Crippen LogP) is 16.4. The molecule has 17 rings (SSSR count). The van der Waals surface area contributed by atoms with Gasteiger partial charge in [0, 0.05) is 129 Å². The van der Waals surface area contributed by atoms with Crippen molar-refractivity contribution < 1.29 is 42.8 Å². The number of H-pyrrole nitrogens is 1. The minimum absolute atomic E-state index is 0.0873. The highest BCUT2D eigenvalue weighted by Gasteiger charge is 2.27. The summed E-state index contributed by atoms with van der Waals surface area (Å²) in [4.78, 5) is 85.3. The number of aromatic amines is 1. The molecule has 5 N–H and O–H groups in total. The van der Waals surface area contributed by atoms with E-state index in [-0.39, 0.29) is 44.4 Å². The van der Waals surface area contributed by atoms with Crippen molar-refractivity contribution >= 4 is 93.4 Å². The molecule has 0 aliphatic carbocycles. The zero-order chi connectivity index (χ0) is 88.2. The Kier molecular flexibility index (Phi) is 24.4. The maximum absolute atomic E-state index is 15.4. The topological polar surface area (TPSA) is 390 Å². The van der Waals surface area contributed by atoms with Gasteiger partial charge in [0.2, 0.25) is 23.5 Å². The number of hydrogen-bond donors (Lipinski definition) is 4. The van der Waals surface area contributed by atoms with E-state index in [0.717, 1.165) is 42.7 Å². The first kappa shape index (κ1) is 85.1. The van der Waals surface area contributed by atoms with Crippen molar-refractivity contribution in [1.29, 1.82) is 15.8 Å². The van der Waals surface area contributed by atoms with E-state index < -0.39 is 41.9 Å². The van der Waals surface area contributed by atoms with Gasteiger partial charge in [-0.2, -0.15) is 35.3 Å². The van der Waals surface area contributed by atoms with E-state index in [1.54, 1.807) is 131 Å².